The van der Waals surface area contributed by atoms with Gasteiger partial charge in [0.05, 0.1) is 28.4 Å². The molecule has 0 saturated heterocycles. The summed E-state index contributed by atoms with van der Waals surface area (Å²) < 4.78 is 20.6. The van der Waals surface area contributed by atoms with Crippen molar-refractivity contribution in [3.8, 4) is 28.7 Å². The zero-order valence-electron chi connectivity index (χ0n) is 14.5. The lowest BCUT2D eigenvalue weighted by Crippen LogP contribution is -2.03. The van der Waals surface area contributed by atoms with Gasteiger partial charge in [-0.15, -0.1) is 0 Å². The van der Waals surface area contributed by atoms with Crippen LogP contribution in [0.1, 0.15) is 15.9 Å². The van der Waals surface area contributed by atoms with E-state index in [0.717, 1.165) is 11.3 Å². The Morgan fingerprint density at radius 1 is 0.920 bits per heavy atom. The predicted octanol–water partition coefficient (Wildman–Crippen LogP) is 3.32. The molecule has 0 aliphatic heterocycles. The maximum absolute atomic E-state index is 12.6. The first kappa shape index (κ1) is 18.2. The number of allylic oxidation sites excluding steroid dienone is 1. The lowest BCUT2D eigenvalue weighted by atomic mass is 10.0. The molecule has 0 spiro atoms. The molecule has 0 fully saturated rings. The Morgan fingerprint density at radius 2 is 1.56 bits per heavy atom. The summed E-state index contributed by atoms with van der Waals surface area (Å²) in [7, 11) is 5.81. The Morgan fingerprint density at radius 3 is 2.08 bits per heavy atom. The molecule has 0 bridgehead atoms. The number of aromatic hydroxyl groups is 1. The quantitative estimate of drug-likeness (QED) is 0.613. The predicted molar refractivity (Wildman–Crippen MR) is 94.1 cm³/mol. The van der Waals surface area contributed by atoms with Crippen LogP contribution in [-0.4, -0.2) is 39.3 Å². The Hall–Kier alpha value is -3.15. The van der Waals surface area contributed by atoms with Gasteiger partial charge < -0.3 is 24.1 Å². The molecule has 2 aromatic rings. The van der Waals surface area contributed by atoms with E-state index in [2.05, 4.69) is 0 Å². The number of hydrogen-bond donors (Lipinski definition) is 1. The maximum atomic E-state index is 12.6. The minimum atomic E-state index is -0.442. The highest BCUT2D eigenvalue weighted by molar-refractivity contribution is 6.11. The average molecular weight is 344 g/mol. The Kier molecular flexibility index (Phi) is 5.89. The van der Waals surface area contributed by atoms with Gasteiger partial charge in [-0.1, -0.05) is 18.2 Å². The van der Waals surface area contributed by atoms with E-state index in [-0.39, 0.29) is 22.8 Å². The summed E-state index contributed by atoms with van der Waals surface area (Å²) in [5.74, 6) is 0.537. The number of methoxy groups -OCH3 is 4. The van der Waals surface area contributed by atoms with Gasteiger partial charge in [0, 0.05) is 6.07 Å². The molecule has 132 valence electrons. The second kappa shape index (κ2) is 8.10. The Balaban J connectivity index is 2.41. The van der Waals surface area contributed by atoms with Crippen molar-refractivity contribution in [1.82, 2.24) is 0 Å². The summed E-state index contributed by atoms with van der Waals surface area (Å²) >= 11 is 0. The van der Waals surface area contributed by atoms with Crippen LogP contribution in [-0.2, 0) is 0 Å². The summed E-state index contributed by atoms with van der Waals surface area (Å²) in [5, 5.41) is 10.3. The first-order valence-electron chi connectivity index (χ1n) is 7.44. The Bertz CT molecular complexity index is 777. The van der Waals surface area contributed by atoms with E-state index in [1.165, 1.54) is 33.5 Å². The number of carbonyl (C=O) groups excluding carboxylic acids is 1. The van der Waals surface area contributed by atoms with Crippen LogP contribution in [0.25, 0.3) is 6.08 Å². The van der Waals surface area contributed by atoms with Crippen LogP contribution in [0, 0.1) is 0 Å². The van der Waals surface area contributed by atoms with E-state index in [1.807, 2.05) is 12.1 Å². The van der Waals surface area contributed by atoms with Crippen LogP contribution in [0.3, 0.4) is 0 Å². The topological polar surface area (TPSA) is 74.2 Å². The molecular weight excluding hydrogens is 324 g/mol. The molecule has 0 aliphatic rings. The molecule has 0 unspecified atom stereocenters. The van der Waals surface area contributed by atoms with E-state index >= 15 is 0 Å². The van der Waals surface area contributed by atoms with Gasteiger partial charge in [-0.3, -0.25) is 4.79 Å². The Labute approximate surface area is 146 Å². The number of carbonyl (C=O) groups is 1. The first-order chi connectivity index (χ1) is 12.0. The molecule has 6 nitrogen and oxygen atoms in total. The highest BCUT2D eigenvalue weighted by Crippen LogP contribution is 2.44. The van der Waals surface area contributed by atoms with Gasteiger partial charge in [0.2, 0.25) is 0 Å². The third kappa shape index (κ3) is 3.85. The van der Waals surface area contributed by atoms with Crippen molar-refractivity contribution in [2.24, 2.45) is 0 Å². The van der Waals surface area contributed by atoms with Crippen molar-refractivity contribution in [2.75, 3.05) is 28.4 Å². The third-order valence-electron chi connectivity index (χ3n) is 3.62. The zero-order valence-corrected chi connectivity index (χ0v) is 14.5. The number of phenols is 1. The molecule has 0 aliphatic carbocycles. The highest BCUT2D eigenvalue weighted by atomic mass is 16.5. The summed E-state index contributed by atoms with van der Waals surface area (Å²) in [6.07, 6.45) is 2.98. The first-order valence-corrected chi connectivity index (χ1v) is 7.44. The van der Waals surface area contributed by atoms with Crippen molar-refractivity contribution in [3.05, 3.63) is 47.5 Å². The van der Waals surface area contributed by atoms with Gasteiger partial charge in [0.1, 0.15) is 11.3 Å². The molecule has 1 N–H and O–H groups in total. The van der Waals surface area contributed by atoms with E-state index in [4.69, 9.17) is 18.9 Å². The van der Waals surface area contributed by atoms with Crippen molar-refractivity contribution in [2.45, 2.75) is 0 Å². The van der Waals surface area contributed by atoms with Crippen LogP contribution < -0.4 is 18.9 Å². The summed E-state index contributed by atoms with van der Waals surface area (Å²) in [4.78, 5) is 12.6. The number of benzene rings is 2. The number of phenolic OH excluding ortho intramolecular Hbond substituents is 1. The molecule has 0 radical (unpaired) electrons. The molecule has 6 heteroatoms. The second-order valence-electron chi connectivity index (χ2n) is 5.01. The van der Waals surface area contributed by atoms with E-state index < -0.39 is 5.78 Å². The molecule has 2 rings (SSSR count). The molecule has 2 aromatic carbocycles. The summed E-state index contributed by atoms with van der Waals surface area (Å²) in [6.45, 7) is 0. The lowest BCUT2D eigenvalue weighted by Gasteiger charge is -2.15. The van der Waals surface area contributed by atoms with Crippen LogP contribution in [0.4, 0.5) is 0 Å². The van der Waals surface area contributed by atoms with Gasteiger partial charge in [-0.25, -0.2) is 0 Å². The van der Waals surface area contributed by atoms with Crippen molar-refractivity contribution in [3.63, 3.8) is 0 Å². The lowest BCUT2D eigenvalue weighted by molar-refractivity contribution is 0.104. The minimum absolute atomic E-state index is 0.0246. The largest absolute Gasteiger partial charge is 0.504 e. The van der Waals surface area contributed by atoms with Crippen molar-refractivity contribution < 1.29 is 28.8 Å². The number of ether oxygens (including phenoxy) is 4. The van der Waals surface area contributed by atoms with Crippen molar-refractivity contribution >= 4 is 11.9 Å². The van der Waals surface area contributed by atoms with Gasteiger partial charge in [-0.05, 0) is 23.8 Å². The van der Waals surface area contributed by atoms with E-state index in [9.17, 15) is 9.90 Å². The number of rotatable bonds is 7. The molecule has 0 atom stereocenters. The third-order valence-corrected chi connectivity index (χ3v) is 3.62. The zero-order chi connectivity index (χ0) is 18.4. The van der Waals surface area contributed by atoms with Crippen LogP contribution in [0.2, 0.25) is 0 Å². The monoisotopic (exact) mass is 344 g/mol. The average Bonchev–Trinajstić information content (AvgIpc) is 2.65. The number of hydrogen-bond acceptors (Lipinski definition) is 6. The number of ketones is 1. The summed E-state index contributed by atoms with van der Waals surface area (Å²) in [6, 6.07) is 8.66. The standard InChI is InChI=1S/C19H20O6/c1-22-13-8-5-12(6-9-13)7-10-14(20)17-18(21)15(23-2)11-16(24-3)19(17)25-4/h5-11,21H,1-4H3/b10-7+. The normalized spacial score (nSPS) is 10.6. The summed E-state index contributed by atoms with van der Waals surface area (Å²) in [5.41, 5.74) is 0.783. The maximum Gasteiger partial charge on any atom is 0.193 e. The second-order valence-corrected chi connectivity index (χ2v) is 5.01. The minimum Gasteiger partial charge on any atom is -0.504 e. The molecule has 0 heterocycles. The fraction of sp³-hybridized carbons (Fsp3) is 0.211. The fourth-order valence-electron chi connectivity index (χ4n) is 2.32. The van der Waals surface area contributed by atoms with Crippen LogP contribution >= 0.6 is 0 Å². The SMILES string of the molecule is COc1ccc(/C=C/C(=O)c2c(O)c(OC)cc(OC)c2OC)cc1. The molecule has 25 heavy (non-hydrogen) atoms. The van der Waals surface area contributed by atoms with Gasteiger partial charge in [0.15, 0.2) is 28.8 Å². The van der Waals surface area contributed by atoms with E-state index in [0.29, 0.717) is 5.75 Å². The highest BCUT2D eigenvalue weighted by Gasteiger charge is 2.24. The van der Waals surface area contributed by atoms with Gasteiger partial charge in [0.25, 0.3) is 0 Å². The molecule has 0 aromatic heterocycles. The van der Waals surface area contributed by atoms with Gasteiger partial charge >= 0.3 is 0 Å². The van der Waals surface area contributed by atoms with Crippen LogP contribution in [0.5, 0.6) is 28.7 Å². The van der Waals surface area contributed by atoms with Crippen LogP contribution in [0.15, 0.2) is 36.4 Å². The van der Waals surface area contributed by atoms with E-state index in [1.54, 1.807) is 25.3 Å². The molecule has 0 saturated carbocycles. The van der Waals surface area contributed by atoms with Crippen molar-refractivity contribution in [1.29, 1.82) is 0 Å². The smallest absolute Gasteiger partial charge is 0.193 e. The fourth-order valence-corrected chi connectivity index (χ4v) is 2.32. The molecule has 0 amide bonds. The van der Waals surface area contributed by atoms with Gasteiger partial charge in [-0.2, -0.15) is 0 Å². The molecular formula is C19H20O6.